The highest BCUT2D eigenvalue weighted by Crippen LogP contribution is 2.28. The topological polar surface area (TPSA) is 92.7 Å². The molecule has 0 spiro atoms. The summed E-state index contributed by atoms with van der Waals surface area (Å²) < 4.78 is 32.6. The molecule has 2 rings (SSSR count). The molecule has 0 bridgehead atoms. The first-order valence-electron chi connectivity index (χ1n) is 7.07. The second kappa shape index (κ2) is 7.55. The first kappa shape index (κ1) is 18.1. The van der Waals surface area contributed by atoms with Crippen LogP contribution in [0.25, 0.3) is 0 Å². The summed E-state index contributed by atoms with van der Waals surface area (Å²) >= 11 is 5.96. The van der Waals surface area contributed by atoms with Crippen LogP contribution in [0.2, 0.25) is 5.02 Å². The van der Waals surface area contributed by atoms with Crippen LogP contribution in [0.4, 0.5) is 5.69 Å². The van der Waals surface area contributed by atoms with Crippen molar-refractivity contribution in [2.24, 2.45) is 0 Å². The standard InChI is InChI=1S/C16H16ClNO5S/c1-2-23-15-10-13(7-8-14(15)17)24(21,22)18-12-5-3-11(4-6-12)9-16(19)20/h3-8,10,18H,2,9H2,1H3,(H,19,20). The van der Waals surface area contributed by atoms with Gasteiger partial charge in [0.2, 0.25) is 0 Å². The number of anilines is 1. The van der Waals surface area contributed by atoms with Crippen LogP contribution in [0.1, 0.15) is 12.5 Å². The van der Waals surface area contributed by atoms with Crippen LogP contribution in [0.3, 0.4) is 0 Å². The van der Waals surface area contributed by atoms with Gasteiger partial charge < -0.3 is 9.84 Å². The van der Waals surface area contributed by atoms with Gasteiger partial charge in [0, 0.05) is 11.8 Å². The number of carbonyl (C=O) groups is 1. The van der Waals surface area contributed by atoms with Gasteiger partial charge in [-0.2, -0.15) is 0 Å². The number of nitrogens with one attached hydrogen (secondary N) is 1. The summed E-state index contributed by atoms with van der Waals surface area (Å²) in [6, 6.07) is 10.3. The number of hydrogen-bond donors (Lipinski definition) is 2. The number of rotatable bonds is 7. The highest BCUT2D eigenvalue weighted by molar-refractivity contribution is 7.92. The molecule has 0 saturated carbocycles. The lowest BCUT2D eigenvalue weighted by molar-refractivity contribution is -0.136. The molecular formula is C16H16ClNO5S. The molecule has 24 heavy (non-hydrogen) atoms. The summed E-state index contributed by atoms with van der Waals surface area (Å²) in [5.74, 6) is -0.660. The summed E-state index contributed by atoms with van der Waals surface area (Å²) in [4.78, 5) is 10.7. The molecule has 0 fully saturated rings. The average Bonchev–Trinajstić information content (AvgIpc) is 2.51. The van der Waals surface area contributed by atoms with Crippen molar-refractivity contribution in [2.45, 2.75) is 18.2 Å². The normalized spacial score (nSPS) is 11.1. The predicted molar refractivity (Wildman–Crippen MR) is 91.2 cm³/mol. The maximum Gasteiger partial charge on any atom is 0.307 e. The van der Waals surface area contributed by atoms with Gasteiger partial charge in [0.25, 0.3) is 10.0 Å². The number of carboxylic acids is 1. The Morgan fingerprint density at radius 2 is 1.88 bits per heavy atom. The van der Waals surface area contributed by atoms with Crippen molar-refractivity contribution < 1.29 is 23.1 Å². The van der Waals surface area contributed by atoms with Crippen LogP contribution in [0.15, 0.2) is 47.4 Å². The Hall–Kier alpha value is -2.25. The second-order valence-electron chi connectivity index (χ2n) is 4.90. The third-order valence-corrected chi connectivity index (χ3v) is 4.77. The van der Waals surface area contributed by atoms with Crippen LogP contribution < -0.4 is 9.46 Å². The minimum Gasteiger partial charge on any atom is -0.492 e. The Morgan fingerprint density at radius 3 is 2.46 bits per heavy atom. The molecule has 2 N–H and O–H groups in total. The van der Waals surface area contributed by atoms with E-state index >= 15 is 0 Å². The van der Waals surface area contributed by atoms with E-state index in [1.54, 1.807) is 19.1 Å². The first-order valence-corrected chi connectivity index (χ1v) is 8.94. The molecule has 0 saturated heterocycles. The molecule has 0 heterocycles. The van der Waals surface area contributed by atoms with E-state index in [2.05, 4.69) is 4.72 Å². The lowest BCUT2D eigenvalue weighted by Gasteiger charge is -2.11. The van der Waals surface area contributed by atoms with Gasteiger partial charge in [-0.25, -0.2) is 8.42 Å². The molecule has 0 aliphatic heterocycles. The molecule has 6 nitrogen and oxygen atoms in total. The zero-order valence-corrected chi connectivity index (χ0v) is 14.4. The number of benzene rings is 2. The number of sulfonamides is 1. The molecule has 0 radical (unpaired) electrons. The number of carboxylic acid groups (broad SMARTS) is 1. The van der Waals surface area contributed by atoms with Gasteiger partial charge in [0.05, 0.1) is 22.9 Å². The maximum absolute atomic E-state index is 12.4. The Balaban J connectivity index is 2.22. The number of hydrogen-bond acceptors (Lipinski definition) is 4. The van der Waals surface area contributed by atoms with Crippen molar-refractivity contribution >= 4 is 33.3 Å². The van der Waals surface area contributed by atoms with E-state index in [-0.39, 0.29) is 11.3 Å². The molecule has 0 amide bonds. The van der Waals surface area contributed by atoms with Gasteiger partial charge in [-0.3, -0.25) is 9.52 Å². The summed E-state index contributed by atoms with van der Waals surface area (Å²) in [7, 11) is -3.81. The van der Waals surface area contributed by atoms with Crippen molar-refractivity contribution in [3.63, 3.8) is 0 Å². The van der Waals surface area contributed by atoms with E-state index in [4.69, 9.17) is 21.4 Å². The molecule has 0 aliphatic carbocycles. The highest BCUT2D eigenvalue weighted by atomic mass is 35.5. The highest BCUT2D eigenvalue weighted by Gasteiger charge is 2.16. The van der Waals surface area contributed by atoms with Gasteiger partial charge in [0.15, 0.2) is 0 Å². The van der Waals surface area contributed by atoms with Crippen molar-refractivity contribution in [1.29, 1.82) is 0 Å². The van der Waals surface area contributed by atoms with Crippen LogP contribution >= 0.6 is 11.6 Å². The van der Waals surface area contributed by atoms with Crippen LogP contribution in [-0.4, -0.2) is 26.1 Å². The van der Waals surface area contributed by atoms with E-state index < -0.39 is 16.0 Å². The molecule has 8 heteroatoms. The molecule has 0 atom stereocenters. The van der Waals surface area contributed by atoms with Crippen LogP contribution in [-0.2, 0) is 21.2 Å². The zero-order valence-electron chi connectivity index (χ0n) is 12.8. The second-order valence-corrected chi connectivity index (χ2v) is 6.99. The Labute approximate surface area is 145 Å². The molecule has 0 unspecified atom stereocenters. The van der Waals surface area contributed by atoms with E-state index in [0.717, 1.165) is 0 Å². The summed E-state index contributed by atoms with van der Waals surface area (Å²) in [6.45, 7) is 2.14. The predicted octanol–water partition coefficient (Wildman–Crippen LogP) is 3.17. The van der Waals surface area contributed by atoms with Crippen LogP contribution in [0.5, 0.6) is 5.75 Å². The Bertz CT molecular complexity index is 834. The lowest BCUT2D eigenvalue weighted by atomic mass is 10.1. The van der Waals surface area contributed by atoms with E-state index in [1.807, 2.05) is 0 Å². The van der Waals surface area contributed by atoms with Crippen molar-refractivity contribution in [1.82, 2.24) is 0 Å². The van der Waals surface area contributed by atoms with Crippen molar-refractivity contribution in [2.75, 3.05) is 11.3 Å². The fourth-order valence-corrected chi connectivity index (χ4v) is 3.24. The minimum absolute atomic E-state index is 0.0185. The van der Waals surface area contributed by atoms with Gasteiger partial charge >= 0.3 is 5.97 Å². The minimum atomic E-state index is -3.81. The van der Waals surface area contributed by atoms with Gasteiger partial charge in [-0.1, -0.05) is 23.7 Å². The largest absolute Gasteiger partial charge is 0.492 e. The third-order valence-electron chi connectivity index (χ3n) is 3.07. The van der Waals surface area contributed by atoms with Crippen molar-refractivity contribution in [3.8, 4) is 5.75 Å². The Kier molecular flexibility index (Phi) is 5.69. The smallest absolute Gasteiger partial charge is 0.307 e. The summed E-state index contributed by atoms with van der Waals surface area (Å²) in [5, 5.41) is 9.06. The summed E-state index contributed by atoms with van der Waals surface area (Å²) in [5.41, 5.74) is 0.910. The van der Waals surface area contributed by atoms with Crippen molar-refractivity contribution in [3.05, 3.63) is 53.1 Å². The zero-order chi connectivity index (χ0) is 17.7. The Morgan fingerprint density at radius 1 is 1.21 bits per heavy atom. The molecule has 0 aromatic heterocycles. The first-order chi connectivity index (χ1) is 11.3. The fourth-order valence-electron chi connectivity index (χ4n) is 2.00. The summed E-state index contributed by atoms with van der Waals surface area (Å²) in [6.07, 6.45) is -0.123. The number of ether oxygens (including phenoxy) is 1. The van der Waals surface area contributed by atoms with E-state index in [0.29, 0.717) is 28.6 Å². The van der Waals surface area contributed by atoms with Gasteiger partial charge in [0.1, 0.15) is 5.75 Å². The molecular weight excluding hydrogens is 354 g/mol. The third kappa shape index (κ3) is 4.62. The van der Waals surface area contributed by atoms with Gasteiger partial charge in [-0.15, -0.1) is 0 Å². The van der Waals surface area contributed by atoms with Crippen LogP contribution in [0, 0.1) is 0 Å². The SMILES string of the molecule is CCOc1cc(S(=O)(=O)Nc2ccc(CC(=O)O)cc2)ccc1Cl. The van der Waals surface area contributed by atoms with Gasteiger partial charge in [-0.05, 0) is 36.8 Å². The quantitative estimate of drug-likeness (QED) is 0.782. The maximum atomic E-state index is 12.4. The fraction of sp³-hybridized carbons (Fsp3) is 0.188. The monoisotopic (exact) mass is 369 g/mol. The lowest BCUT2D eigenvalue weighted by Crippen LogP contribution is -2.13. The van der Waals surface area contributed by atoms with E-state index in [9.17, 15) is 13.2 Å². The average molecular weight is 370 g/mol. The molecule has 128 valence electrons. The number of aliphatic carboxylic acids is 1. The molecule has 2 aromatic rings. The molecule has 2 aromatic carbocycles. The van der Waals surface area contributed by atoms with E-state index in [1.165, 1.54) is 30.3 Å². The number of halogens is 1. The molecule has 0 aliphatic rings.